The van der Waals surface area contributed by atoms with Crippen molar-refractivity contribution >= 4 is 23.6 Å². The molecule has 0 aliphatic heterocycles. The van der Waals surface area contributed by atoms with E-state index in [0.717, 1.165) is 0 Å². The lowest BCUT2D eigenvalue weighted by molar-refractivity contribution is -0.112. The summed E-state index contributed by atoms with van der Waals surface area (Å²) in [4.78, 5) is 24.8. The minimum absolute atomic E-state index is 0.178. The molecule has 2 rings (SSSR count). The van der Waals surface area contributed by atoms with Crippen LogP contribution in [-0.2, 0) is 9.53 Å². The third kappa shape index (κ3) is 5.08. The molecule has 0 spiro atoms. The molecule has 8 heteroatoms. The zero-order chi connectivity index (χ0) is 22.1. The van der Waals surface area contributed by atoms with Gasteiger partial charge in [-0.25, -0.2) is 4.79 Å². The van der Waals surface area contributed by atoms with Crippen molar-refractivity contribution in [2.24, 2.45) is 0 Å². The first kappa shape index (κ1) is 22.3. The highest BCUT2D eigenvalue weighted by molar-refractivity contribution is 6.12. The number of nitrogens with zero attached hydrogens (tertiary/aromatic N) is 1. The fourth-order valence-electron chi connectivity index (χ4n) is 2.67. The van der Waals surface area contributed by atoms with E-state index in [1.54, 1.807) is 37.3 Å². The van der Waals surface area contributed by atoms with Crippen LogP contribution in [0.1, 0.15) is 22.8 Å². The lowest BCUT2D eigenvalue weighted by Gasteiger charge is -2.13. The van der Waals surface area contributed by atoms with E-state index in [1.807, 2.05) is 6.07 Å². The number of nitrogens with one attached hydrogen (secondary N) is 1. The Morgan fingerprint density at radius 1 is 1.07 bits per heavy atom. The summed E-state index contributed by atoms with van der Waals surface area (Å²) in [6.45, 7) is 1.89. The number of hydrogen-bond donors (Lipinski definition) is 1. The number of ether oxygens (including phenoxy) is 4. The molecule has 30 heavy (non-hydrogen) atoms. The number of amides is 1. The van der Waals surface area contributed by atoms with Crippen molar-refractivity contribution < 1.29 is 28.5 Å². The molecule has 0 aliphatic rings. The molecule has 0 atom stereocenters. The normalized spacial score (nSPS) is 10.6. The van der Waals surface area contributed by atoms with Gasteiger partial charge in [-0.3, -0.25) is 4.79 Å². The monoisotopic (exact) mass is 410 g/mol. The number of rotatable bonds is 8. The molecule has 0 bridgehead atoms. The predicted octanol–water partition coefficient (Wildman–Crippen LogP) is 3.43. The van der Waals surface area contributed by atoms with Crippen molar-refractivity contribution in [1.82, 2.24) is 0 Å². The number of nitriles is 1. The summed E-state index contributed by atoms with van der Waals surface area (Å²) >= 11 is 0. The summed E-state index contributed by atoms with van der Waals surface area (Å²) in [5.74, 6) is -0.0890. The molecule has 1 amide bonds. The first-order valence-electron chi connectivity index (χ1n) is 8.98. The average Bonchev–Trinajstić information content (AvgIpc) is 2.76. The zero-order valence-electron chi connectivity index (χ0n) is 17.1. The topological polar surface area (TPSA) is 107 Å². The van der Waals surface area contributed by atoms with Crippen LogP contribution in [0.2, 0.25) is 0 Å². The molecule has 0 aromatic heterocycles. The third-order valence-corrected chi connectivity index (χ3v) is 4.03. The highest BCUT2D eigenvalue weighted by Crippen LogP contribution is 2.38. The van der Waals surface area contributed by atoms with E-state index >= 15 is 0 Å². The second-order valence-electron chi connectivity index (χ2n) is 5.85. The van der Waals surface area contributed by atoms with Gasteiger partial charge >= 0.3 is 5.97 Å². The first-order valence-corrected chi connectivity index (χ1v) is 8.98. The molecule has 1 N–H and O–H groups in total. The minimum atomic E-state index is -0.678. The number of para-hydroxylation sites is 1. The van der Waals surface area contributed by atoms with Crippen LogP contribution in [0.25, 0.3) is 6.08 Å². The Hall–Kier alpha value is -3.99. The quantitative estimate of drug-likeness (QED) is 0.404. The number of carbonyl (C=O) groups is 2. The van der Waals surface area contributed by atoms with Crippen LogP contribution in [-0.4, -0.2) is 39.8 Å². The molecular formula is C22H22N2O6. The van der Waals surface area contributed by atoms with E-state index in [1.165, 1.54) is 33.5 Å². The molecule has 2 aromatic carbocycles. The maximum absolute atomic E-state index is 12.7. The number of hydrogen-bond acceptors (Lipinski definition) is 7. The molecule has 0 saturated carbocycles. The average molecular weight is 410 g/mol. The van der Waals surface area contributed by atoms with E-state index in [9.17, 15) is 14.9 Å². The Balaban J connectivity index is 2.38. The van der Waals surface area contributed by atoms with Crippen LogP contribution >= 0.6 is 0 Å². The predicted molar refractivity (Wildman–Crippen MR) is 111 cm³/mol. The van der Waals surface area contributed by atoms with E-state index < -0.39 is 11.9 Å². The Bertz CT molecular complexity index is 982. The van der Waals surface area contributed by atoms with Crippen molar-refractivity contribution in [1.29, 1.82) is 5.26 Å². The van der Waals surface area contributed by atoms with Crippen molar-refractivity contribution in [3.8, 4) is 23.3 Å². The number of benzene rings is 2. The van der Waals surface area contributed by atoms with Crippen LogP contribution in [0.4, 0.5) is 5.69 Å². The Kier molecular flexibility index (Phi) is 7.82. The van der Waals surface area contributed by atoms with Gasteiger partial charge in [0, 0.05) is 0 Å². The highest BCUT2D eigenvalue weighted by atomic mass is 16.5. The van der Waals surface area contributed by atoms with Crippen LogP contribution in [0, 0.1) is 11.3 Å². The summed E-state index contributed by atoms with van der Waals surface area (Å²) < 4.78 is 20.8. The Labute approximate surface area is 174 Å². The number of anilines is 1. The van der Waals surface area contributed by atoms with Crippen molar-refractivity contribution in [2.45, 2.75) is 6.92 Å². The van der Waals surface area contributed by atoms with Gasteiger partial charge in [0.2, 0.25) is 5.75 Å². The summed E-state index contributed by atoms with van der Waals surface area (Å²) in [6.07, 6.45) is 1.38. The van der Waals surface area contributed by atoms with Gasteiger partial charge in [0.1, 0.15) is 11.6 Å². The minimum Gasteiger partial charge on any atom is -0.493 e. The van der Waals surface area contributed by atoms with Crippen molar-refractivity contribution in [3.05, 3.63) is 53.1 Å². The van der Waals surface area contributed by atoms with Gasteiger partial charge in [0.15, 0.2) is 11.5 Å². The van der Waals surface area contributed by atoms with Gasteiger partial charge in [-0.2, -0.15) is 5.26 Å². The molecule has 2 aromatic rings. The van der Waals surface area contributed by atoms with Gasteiger partial charge in [-0.15, -0.1) is 0 Å². The first-order chi connectivity index (χ1) is 14.5. The molecule has 8 nitrogen and oxygen atoms in total. The largest absolute Gasteiger partial charge is 0.493 e. The van der Waals surface area contributed by atoms with E-state index in [-0.39, 0.29) is 23.4 Å². The van der Waals surface area contributed by atoms with Crippen molar-refractivity contribution in [2.75, 3.05) is 33.3 Å². The molecule has 0 radical (unpaired) electrons. The summed E-state index contributed by atoms with van der Waals surface area (Å²) in [7, 11) is 4.41. The van der Waals surface area contributed by atoms with E-state index in [2.05, 4.69) is 5.32 Å². The van der Waals surface area contributed by atoms with E-state index in [4.69, 9.17) is 18.9 Å². The Morgan fingerprint density at radius 3 is 2.23 bits per heavy atom. The second kappa shape index (κ2) is 10.5. The fraction of sp³-hybridized carbons (Fsp3) is 0.227. The number of esters is 1. The van der Waals surface area contributed by atoms with E-state index in [0.29, 0.717) is 22.8 Å². The van der Waals surface area contributed by atoms with Crippen LogP contribution in [0.15, 0.2) is 42.0 Å². The molecule has 156 valence electrons. The van der Waals surface area contributed by atoms with Gasteiger partial charge in [-0.1, -0.05) is 12.1 Å². The highest BCUT2D eigenvalue weighted by Gasteiger charge is 2.18. The summed E-state index contributed by atoms with van der Waals surface area (Å²) in [6, 6.07) is 11.5. The lowest BCUT2D eigenvalue weighted by atomic mass is 10.1. The van der Waals surface area contributed by atoms with Crippen LogP contribution in [0.3, 0.4) is 0 Å². The van der Waals surface area contributed by atoms with Crippen LogP contribution < -0.4 is 19.5 Å². The van der Waals surface area contributed by atoms with Gasteiger partial charge < -0.3 is 24.3 Å². The third-order valence-electron chi connectivity index (χ3n) is 4.03. The Morgan fingerprint density at radius 2 is 1.70 bits per heavy atom. The SMILES string of the molecule is CCOC(=O)c1ccccc1NC(=O)C(C#N)=Cc1cc(OC)c(OC)c(OC)c1. The lowest BCUT2D eigenvalue weighted by Crippen LogP contribution is -2.17. The second-order valence-corrected chi connectivity index (χ2v) is 5.85. The molecule has 0 fully saturated rings. The molecule has 0 aliphatic carbocycles. The number of carbonyl (C=O) groups excluding carboxylic acids is 2. The molecular weight excluding hydrogens is 388 g/mol. The summed E-state index contributed by atoms with van der Waals surface area (Å²) in [5, 5.41) is 12.1. The number of methoxy groups -OCH3 is 3. The fourth-order valence-corrected chi connectivity index (χ4v) is 2.67. The van der Waals surface area contributed by atoms with Gasteiger partial charge in [0.25, 0.3) is 5.91 Å². The van der Waals surface area contributed by atoms with Crippen LogP contribution in [0.5, 0.6) is 17.2 Å². The van der Waals surface area contributed by atoms with Crippen molar-refractivity contribution in [3.63, 3.8) is 0 Å². The molecule has 0 saturated heterocycles. The summed E-state index contributed by atoms with van der Waals surface area (Å²) in [5.41, 5.74) is 0.752. The van der Waals surface area contributed by atoms with Gasteiger partial charge in [-0.05, 0) is 42.8 Å². The van der Waals surface area contributed by atoms with Gasteiger partial charge in [0.05, 0.1) is 39.2 Å². The maximum atomic E-state index is 12.7. The standard InChI is InChI=1S/C22H22N2O6/c1-5-30-22(26)16-8-6-7-9-17(16)24-21(25)15(13-23)10-14-11-18(27-2)20(29-4)19(12-14)28-3/h6-12H,5H2,1-4H3,(H,24,25). The maximum Gasteiger partial charge on any atom is 0.340 e. The molecule has 0 unspecified atom stereocenters. The molecule has 0 heterocycles. The zero-order valence-corrected chi connectivity index (χ0v) is 17.1. The smallest absolute Gasteiger partial charge is 0.340 e.